The minimum atomic E-state index is -0.125. The first-order chi connectivity index (χ1) is 13.3. The van der Waals surface area contributed by atoms with E-state index in [-0.39, 0.29) is 5.97 Å². The van der Waals surface area contributed by atoms with Crippen LogP contribution in [0.2, 0.25) is 0 Å². The van der Waals surface area contributed by atoms with E-state index in [2.05, 4.69) is 22.8 Å². The van der Waals surface area contributed by atoms with Gasteiger partial charge in [-0.15, -0.1) is 17.5 Å². The van der Waals surface area contributed by atoms with Crippen molar-refractivity contribution in [2.24, 2.45) is 0 Å². The van der Waals surface area contributed by atoms with Gasteiger partial charge in [-0.25, -0.2) is 0 Å². The van der Waals surface area contributed by atoms with Gasteiger partial charge in [-0.3, -0.25) is 4.79 Å². The Hall–Kier alpha value is -0.660. The summed E-state index contributed by atoms with van der Waals surface area (Å²) in [6.07, 6.45) is 24.1. The fourth-order valence-electron chi connectivity index (χ4n) is 3.07. The molecule has 0 bridgehead atoms. The molecule has 0 spiro atoms. The Bertz CT molecular complexity index is 373. The van der Waals surface area contributed by atoms with Crippen molar-refractivity contribution in [2.45, 2.75) is 116 Å². The van der Waals surface area contributed by atoms with Crippen molar-refractivity contribution in [3.05, 3.63) is 17.2 Å². The van der Waals surface area contributed by atoms with Gasteiger partial charge in [0, 0.05) is 11.8 Å². The molecule has 0 heterocycles. The van der Waals surface area contributed by atoms with Gasteiger partial charge in [0.25, 0.3) is 0 Å². The van der Waals surface area contributed by atoms with Crippen LogP contribution in [0.25, 0.3) is 0 Å². The summed E-state index contributed by atoms with van der Waals surface area (Å²) in [6.45, 7) is 2.28. The molecular weight excluding hydrogens is 352 g/mol. The van der Waals surface area contributed by atoms with Crippen molar-refractivity contribution in [1.82, 2.24) is 0 Å². The molecule has 0 aliphatic rings. The molecule has 0 N–H and O–H groups in total. The van der Waals surface area contributed by atoms with Crippen molar-refractivity contribution in [3.63, 3.8) is 0 Å². The number of unbranched alkanes of at least 4 members (excludes halogenated alkanes) is 14. The van der Waals surface area contributed by atoms with Crippen LogP contribution in [0.4, 0.5) is 0 Å². The Labute approximate surface area is 173 Å². The average molecular weight is 397 g/mol. The summed E-state index contributed by atoms with van der Waals surface area (Å²) in [6, 6.07) is 0. The van der Waals surface area contributed by atoms with E-state index in [4.69, 9.17) is 0 Å². The fraction of sp³-hybridized carbons (Fsp3) is 0.833. The lowest BCUT2D eigenvalue weighted by atomic mass is 10.0. The number of methoxy groups -OCH3 is 1. The second-order valence-electron chi connectivity index (χ2n) is 7.42. The van der Waals surface area contributed by atoms with Crippen LogP contribution in [0, 0.1) is 0 Å². The minimum Gasteiger partial charge on any atom is -0.469 e. The summed E-state index contributed by atoms with van der Waals surface area (Å²) in [5, 5.41) is 2.06. The normalized spacial score (nSPS) is 10.4. The van der Waals surface area contributed by atoms with Gasteiger partial charge in [-0.2, -0.15) is 0 Å². The van der Waals surface area contributed by atoms with Crippen LogP contribution < -0.4 is 0 Å². The molecule has 0 aromatic carbocycles. The summed E-state index contributed by atoms with van der Waals surface area (Å²) in [5.74, 6) is 1.07. The van der Waals surface area contributed by atoms with E-state index in [0.29, 0.717) is 6.42 Å². The van der Waals surface area contributed by atoms with Crippen LogP contribution in [0.1, 0.15) is 116 Å². The number of rotatable bonds is 20. The van der Waals surface area contributed by atoms with Crippen molar-refractivity contribution >= 4 is 17.7 Å². The monoisotopic (exact) mass is 396 g/mol. The predicted octanol–water partition coefficient (Wildman–Crippen LogP) is 8.21. The number of thioether (sulfide) groups is 1. The van der Waals surface area contributed by atoms with Crippen LogP contribution in [0.15, 0.2) is 17.2 Å². The molecule has 0 saturated heterocycles. The third-order valence-electron chi connectivity index (χ3n) is 4.84. The van der Waals surface area contributed by atoms with Gasteiger partial charge in [0.05, 0.1) is 7.11 Å². The van der Waals surface area contributed by atoms with E-state index in [1.54, 1.807) is 0 Å². The van der Waals surface area contributed by atoms with Crippen molar-refractivity contribution in [1.29, 1.82) is 0 Å². The fourth-order valence-corrected chi connectivity index (χ4v) is 3.75. The molecule has 0 aromatic heterocycles. The van der Waals surface area contributed by atoms with Gasteiger partial charge in [0.1, 0.15) is 0 Å². The maximum absolute atomic E-state index is 10.9. The molecular formula is C24H44O2S. The molecule has 3 heteroatoms. The molecule has 0 aliphatic carbocycles. The van der Waals surface area contributed by atoms with Crippen LogP contribution in [0.3, 0.4) is 0 Å². The molecule has 0 saturated carbocycles. The van der Waals surface area contributed by atoms with Gasteiger partial charge in [-0.1, -0.05) is 90.4 Å². The second kappa shape index (κ2) is 23.4. The molecule has 0 fully saturated rings. The molecule has 0 amide bonds. The third-order valence-corrected chi connectivity index (χ3v) is 5.67. The molecule has 0 atom stereocenters. The van der Waals surface area contributed by atoms with Crippen molar-refractivity contribution in [2.75, 3.05) is 12.9 Å². The summed E-state index contributed by atoms with van der Waals surface area (Å²) in [4.78, 5) is 10.9. The molecule has 27 heavy (non-hydrogen) atoms. The van der Waals surface area contributed by atoms with E-state index in [9.17, 15) is 4.79 Å². The Morgan fingerprint density at radius 1 is 0.815 bits per heavy atom. The first-order valence-electron chi connectivity index (χ1n) is 11.4. The summed E-state index contributed by atoms with van der Waals surface area (Å²) >= 11 is 1.85. The summed E-state index contributed by atoms with van der Waals surface area (Å²) in [5.41, 5.74) is 3.19. The van der Waals surface area contributed by atoms with E-state index in [1.165, 1.54) is 103 Å². The third kappa shape index (κ3) is 23.3. The minimum absolute atomic E-state index is 0.125. The lowest BCUT2D eigenvalue weighted by Gasteiger charge is -2.03. The highest BCUT2D eigenvalue weighted by Crippen LogP contribution is 2.14. The van der Waals surface area contributed by atoms with E-state index >= 15 is 0 Å². The van der Waals surface area contributed by atoms with Gasteiger partial charge in [0.2, 0.25) is 0 Å². The molecule has 158 valence electrons. The van der Waals surface area contributed by atoms with E-state index < -0.39 is 0 Å². The Balaban J connectivity index is 3.16. The zero-order chi connectivity index (χ0) is 19.8. The van der Waals surface area contributed by atoms with Crippen LogP contribution in [0.5, 0.6) is 0 Å². The van der Waals surface area contributed by atoms with Gasteiger partial charge in [0.15, 0.2) is 0 Å². The zero-order valence-corrected chi connectivity index (χ0v) is 18.9. The maximum atomic E-state index is 10.9. The van der Waals surface area contributed by atoms with Crippen molar-refractivity contribution < 1.29 is 9.53 Å². The largest absolute Gasteiger partial charge is 0.469 e. The highest BCUT2D eigenvalue weighted by atomic mass is 32.2. The highest BCUT2D eigenvalue weighted by molar-refractivity contribution is 8.02. The molecule has 0 aromatic rings. The lowest BCUT2D eigenvalue weighted by Crippen LogP contribution is -1.98. The number of carbonyl (C=O) groups excluding carboxylic acids is 1. The van der Waals surface area contributed by atoms with Crippen molar-refractivity contribution in [3.8, 4) is 0 Å². The van der Waals surface area contributed by atoms with Gasteiger partial charge in [-0.05, 0) is 31.1 Å². The highest BCUT2D eigenvalue weighted by Gasteiger charge is 1.96. The number of hydrogen-bond donors (Lipinski definition) is 0. The predicted molar refractivity (Wildman–Crippen MR) is 121 cm³/mol. The molecule has 2 nitrogen and oxygen atoms in total. The summed E-state index contributed by atoms with van der Waals surface area (Å²) in [7, 11) is 1.44. The number of carbonyl (C=O) groups is 1. The first kappa shape index (κ1) is 26.3. The topological polar surface area (TPSA) is 26.3 Å². The number of ether oxygens (including phenoxy) is 1. The Kier molecular flexibility index (Phi) is 22.8. The smallest absolute Gasteiger partial charge is 0.305 e. The van der Waals surface area contributed by atoms with Crippen LogP contribution in [-0.4, -0.2) is 18.8 Å². The first-order valence-corrected chi connectivity index (χ1v) is 12.4. The summed E-state index contributed by atoms with van der Waals surface area (Å²) < 4.78 is 4.61. The SMILES string of the molecule is CCCCCCCCCCCCCCCCSC=C=CCCCC(=O)OC. The van der Waals surface area contributed by atoms with E-state index in [0.717, 1.165) is 12.8 Å². The molecule has 0 aliphatic heterocycles. The van der Waals surface area contributed by atoms with Gasteiger partial charge < -0.3 is 4.74 Å². The number of esters is 1. The van der Waals surface area contributed by atoms with E-state index in [1.807, 2.05) is 17.8 Å². The number of allylic oxidation sites excluding steroid dienone is 1. The quantitative estimate of drug-likeness (QED) is 0.118. The van der Waals surface area contributed by atoms with Gasteiger partial charge >= 0.3 is 5.97 Å². The standard InChI is InChI=1S/C24H44O2S/c1-3-4-5-6-7-8-9-10-11-12-13-14-16-19-22-27-23-20-17-15-18-21-24(25)26-2/h17,23H,3-16,18-19,21-22H2,1-2H3. The Morgan fingerprint density at radius 3 is 1.85 bits per heavy atom. The average Bonchev–Trinajstić information content (AvgIpc) is 2.68. The van der Waals surface area contributed by atoms with Crippen LogP contribution in [-0.2, 0) is 9.53 Å². The van der Waals surface area contributed by atoms with Crippen LogP contribution >= 0.6 is 11.8 Å². The number of hydrogen-bond acceptors (Lipinski definition) is 3. The Morgan fingerprint density at radius 2 is 1.33 bits per heavy atom. The molecule has 0 rings (SSSR count). The molecule has 0 unspecified atom stereocenters. The maximum Gasteiger partial charge on any atom is 0.305 e. The zero-order valence-electron chi connectivity index (χ0n) is 18.1. The second-order valence-corrected chi connectivity index (χ2v) is 8.40. The molecule has 0 radical (unpaired) electrons. The lowest BCUT2D eigenvalue weighted by molar-refractivity contribution is -0.140.